The number of aryl methyl sites for hydroxylation is 1. The van der Waals surface area contributed by atoms with Crippen molar-refractivity contribution in [1.82, 2.24) is 4.57 Å². The summed E-state index contributed by atoms with van der Waals surface area (Å²) < 4.78 is 0.931. The number of hydrogen-bond donors (Lipinski definition) is 0. The van der Waals surface area contributed by atoms with E-state index in [2.05, 4.69) is 4.85 Å². The van der Waals surface area contributed by atoms with Crippen molar-refractivity contribution < 1.29 is 5.11 Å². The molecule has 0 aliphatic carbocycles. The van der Waals surface area contributed by atoms with Gasteiger partial charge >= 0.3 is 0 Å². The van der Waals surface area contributed by atoms with Crippen LogP contribution >= 0.6 is 0 Å². The van der Waals surface area contributed by atoms with Gasteiger partial charge in [0.05, 0.1) is 6.57 Å². The van der Waals surface area contributed by atoms with Gasteiger partial charge in [-0.1, -0.05) is 0 Å². The van der Waals surface area contributed by atoms with Crippen molar-refractivity contribution in [1.29, 1.82) is 0 Å². The van der Waals surface area contributed by atoms with Crippen LogP contribution in [0, 0.1) is 13.5 Å². The first kappa shape index (κ1) is 8.34. The highest BCUT2D eigenvalue weighted by Crippen LogP contribution is 2.24. The van der Waals surface area contributed by atoms with Crippen molar-refractivity contribution in [2.75, 3.05) is 0 Å². The summed E-state index contributed by atoms with van der Waals surface area (Å²) in [5, 5.41) is 11.2. The van der Waals surface area contributed by atoms with E-state index in [4.69, 9.17) is 6.57 Å². The molecule has 0 spiro atoms. The summed E-state index contributed by atoms with van der Waals surface area (Å²) >= 11 is 0. The summed E-state index contributed by atoms with van der Waals surface area (Å²) in [5.74, 6) is -0.519. The number of rotatable bonds is 0. The first-order valence-corrected chi connectivity index (χ1v) is 3.33. The van der Waals surface area contributed by atoms with E-state index in [1.54, 1.807) is 6.92 Å². The van der Waals surface area contributed by atoms with Gasteiger partial charge < -0.3 is 9.67 Å². The van der Waals surface area contributed by atoms with Crippen LogP contribution in [0.3, 0.4) is 0 Å². The summed E-state index contributed by atoms with van der Waals surface area (Å²) in [6.07, 6.45) is 0. The molecule has 0 saturated carbocycles. The molecule has 4 nitrogen and oxygen atoms in total. The minimum atomic E-state index is -0.519. The van der Waals surface area contributed by atoms with E-state index in [1.165, 1.54) is 13.1 Å². The highest BCUT2D eigenvalue weighted by molar-refractivity contribution is 5.58. The van der Waals surface area contributed by atoms with Crippen LogP contribution in [0.4, 0.5) is 5.69 Å². The molecule has 0 aliphatic rings. The predicted molar refractivity (Wildman–Crippen MR) is 42.1 cm³/mol. The maximum Gasteiger partial charge on any atom is 0.247 e. The first-order valence-electron chi connectivity index (χ1n) is 3.33. The summed E-state index contributed by atoms with van der Waals surface area (Å²) in [6, 6.07) is 1.29. The second-order valence-corrected chi connectivity index (χ2v) is 2.49. The Hall–Kier alpha value is -1.76. The first-order chi connectivity index (χ1) is 5.57. The van der Waals surface area contributed by atoms with Gasteiger partial charge in [-0.15, -0.1) is 0 Å². The summed E-state index contributed by atoms with van der Waals surface area (Å²) in [6.45, 7) is 8.28. The van der Waals surface area contributed by atoms with Gasteiger partial charge in [0.25, 0.3) is 0 Å². The molecule has 0 saturated heterocycles. The molecule has 0 N–H and O–H groups in total. The number of aromatic nitrogens is 1. The lowest BCUT2D eigenvalue weighted by molar-refractivity contribution is -0.277. The quantitative estimate of drug-likeness (QED) is 0.517. The van der Waals surface area contributed by atoms with Crippen molar-refractivity contribution in [2.24, 2.45) is 7.05 Å². The Bertz CT molecular complexity index is 412. The maximum atomic E-state index is 11.2. The Morgan fingerprint density at radius 1 is 1.67 bits per heavy atom. The van der Waals surface area contributed by atoms with Crippen LogP contribution in [0.25, 0.3) is 4.85 Å². The highest BCUT2D eigenvalue weighted by atomic mass is 16.3. The molecule has 0 amide bonds. The van der Waals surface area contributed by atoms with E-state index in [0.717, 1.165) is 4.57 Å². The molecular formula is C8H7N2O2-. The number of pyridine rings is 1. The van der Waals surface area contributed by atoms with Crippen LogP contribution in [0.2, 0.25) is 0 Å². The normalized spacial score (nSPS) is 9.42. The summed E-state index contributed by atoms with van der Waals surface area (Å²) in [5.41, 5.74) is 0.0973. The topological polar surface area (TPSA) is 49.4 Å². The lowest BCUT2D eigenvalue weighted by Gasteiger charge is -2.15. The van der Waals surface area contributed by atoms with Crippen LogP contribution in [-0.2, 0) is 7.05 Å². The predicted octanol–water partition coefficient (Wildman–Crippen LogP) is 0.318. The molecule has 1 rings (SSSR count). The van der Waals surface area contributed by atoms with Gasteiger partial charge in [0.1, 0.15) is 0 Å². The molecule has 62 valence electrons. The van der Waals surface area contributed by atoms with Gasteiger partial charge in [-0.3, -0.25) is 4.79 Å². The Balaban J connectivity index is 3.66. The van der Waals surface area contributed by atoms with Gasteiger partial charge in [-0.2, -0.15) is 0 Å². The second-order valence-electron chi connectivity index (χ2n) is 2.49. The van der Waals surface area contributed by atoms with Gasteiger partial charge in [0.15, 0.2) is 5.69 Å². The lowest BCUT2D eigenvalue weighted by atomic mass is 10.2. The van der Waals surface area contributed by atoms with Crippen LogP contribution in [0.1, 0.15) is 5.56 Å². The standard InChI is InChI=1S/C8H8N2O2/c1-5-4-6(11)10(3)8(12)7(5)9-2/h4,12H,1,3H3/p-1. The van der Waals surface area contributed by atoms with Gasteiger partial charge in [0, 0.05) is 7.05 Å². The SMILES string of the molecule is [C-]#[N+]c1c(C)cc(=O)n(C)c1[O-]. The van der Waals surface area contributed by atoms with Crippen molar-refractivity contribution in [3.8, 4) is 5.88 Å². The lowest BCUT2D eigenvalue weighted by Crippen LogP contribution is -2.19. The van der Waals surface area contributed by atoms with Crippen molar-refractivity contribution >= 4 is 5.69 Å². The van der Waals surface area contributed by atoms with Gasteiger partial charge in [-0.25, -0.2) is 4.85 Å². The van der Waals surface area contributed by atoms with Crippen LogP contribution in [-0.4, -0.2) is 4.57 Å². The van der Waals surface area contributed by atoms with Crippen molar-refractivity contribution in [2.45, 2.75) is 6.92 Å². The van der Waals surface area contributed by atoms with Crippen LogP contribution in [0.15, 0.2) is 10.9 Å². The molecule has 0 unspecified atom stereocenters. The fourth-order valence-corrected chi connectivity index (χ4v) is 0.914. The zero-order chi connectivity index (χ0) is 9.30. The number of nitrogens with zero attached hydrogens (tertiary/aromatic N) is 2. The average Bonchev–Trinajstić information content (AvgIpc) is 2.01. The zero-order valence-corrected chi connectivity index (χ0v) is 6.79. The fourth-order valence-electron chi connectivity index (χ4n) is 0.914. The Labute approximate surface area is 69.5 Å². The molecule has 4 heteroatoms. The average molecular weight is 163 g/mol. The largest absolute Gasteiger partial charge is 0.869 e. The smallest absolute Gasteiger partial charge is 0.247 e. The molecule has 0 bridgehead atoms. The Morgan fingerprint density at radius 2 is 2.25 bits per heavy atom. The van der Waals surface area contributed by atoms with Crippen molar-refractivity contribution in [3.63, 3.8) is 0 Å². The summed E-state index contributed by atoms with van der Waals surface area (Å²) in [4.78, 5) is 14.0. The molecule has 0 aromatic carbocycles. The van der Waals surface area contributed by atoms with E-state index in [9.17, 15) is 9.90 Å². The van der Waals surface area contributed by atoms with Gasteiger partial charge in [-0.05, 0) is 24.4 Å². The van der Waals surface area contributed by atoms with E-state index < -0.39 is 5.88 Å². The molecule has 0 aliphatic heterocycles. The third-order valence-corrected chi connectivity index (χ3v) is 1.66. The molecule has 1 aromatic rings. The van der Waals surface area contributed by atoms with E-state index >= 15 is 0 Å². The second kappa shape index (κ2) is 2.70. The zero-order valence-electron chi connectivity index (χ0n) is 6.79. The third kappa shape index (κ3) is 1.05. The molecule has 0 fully saturated rings. The molecular weight excluding hydrogens is 156 g/mol. The maximum absolute atomic E-state index is 11.2. The van der Waals surface area contributed by atoms with E-state index in [0.29, 0.717) is 5.56 Å². The summed E-state index contributed by atoms with van der Waals surface area (Å²) in [7, 11) is 1.36. The minimum absolute atomic E-state index is 0.0251. The third-order valence-electron chi connectivity index (χ3n) is 1.66. The molecule has 1 heterocycles. The molecule has 12 heavy (non-hydrogen) atoms. The number of hydrogen-bond acceptors (Lipinski definition) is 2. The van der Waals surface area contributed by atoms with Crippen LogP contribution < -0.4 is 10.7 Å². The fraction of sp³-hybridized carbons (Fsp3) is 0.250. The molecule has 1 aromatic heterocycles. The molecule has 0 radical (unpaired) electrons. The monoisotopic (exact) mass is 163 g/mol. The van der Waals surface area contributed by atoms with Gasteiger partial charge in [0.2, 0.25) is 5.56 Å². The molecule has 0 atom stereocenters. The minimum Gasteiger partial charge on any atom is -0.869 e. The Kier molecular flexibility index (Phi) is 1.88. The highest BCUT2D eigenvalue weighted by Gasteiger charge is 2.02. The Morgan fingerprint density at radius 3 is 2.75 bits per heavy atom. The van der Waals surface area contributed by atoms with E-state index in [-0.39, 0.29) is 11.2 Å². The van der Waals surface area contributed by atoms with Crippen LogP contribution in [0.5, 0.6) is 5.88 Å². The van der Waals surface area contributed by atoms with Crippen molar-refractivity contribution in [3.05, 3.63) is 33.4 Å². The van der Waals surface area contributed by atoms with E-state index in [1.807, 2.05) is 0 Å².